The molecule has 2 heterocycles. The molecule has 1 aliphatic carbocycles. The van der Waals surface area contributed by atoms with Crippen LogP contribution in [-0.4, -0.2) is 28.5 Å². The van der Waals surface area contributed by atoms with E-state index in [0.717, 1.165) is 40.6 Å². The number of nitrogens with zero attached hydrogens (tertiary/aromatic N) is 1. The number of nitrogens with one attached hydrogen (secondary N) is 1. The lowest BCUT2D eigenvalue weighted by atomic mass is 9.64. The van der Waals surface area contributed by atoms with E-state index in [1.807, 2.05) is 44.2 Å². The van der Waals surface area contributed by atoms with Crippen LogP contribution < -0.4 is 0 Å². The number of alkyl halides is 3. The Morgan fingerprint density at radius 2 is 1.89 bits per heavy atom. The zero-order chi connectivity index (χ0) is 25.7. The highest BCUT2D eigenvalue weighted by atomic mass is 19.4. The van der Waals surface area contributed by atoms with Crippen molar-refractivity contribution in [3.8, 4) is 0 Å². The standard InChI is InChI=1S/C29H31F3N2O2/c1-27(2,17-35)25-15-23(33-34-25)24-16-28(3,11-12-36-24)26-21-10-5-4-7-19(21)14-22(26)18-8-6-9-20(13-18)29(30,31)32/h4-10,13-15,24,26,35H,11-12,16-17H2,1-3H3,(H,33,34). The van der Waals surface area contributed by atoms with E-state index < -0.39 is 17.2 Å². The van der Waals surface area contributed by atoms with Crippen LogP contribution in [0.4, 0.5) is 13.2 Å². The Bertz CT molecular complexity index is 1290. The summed E-state index contributed by atoms with van der Waals surface area (Å²) in [5.41, 5.74) is 3.96. The van der Waals surface area contributed by atoms with Crippen LogP contribution in [0.15, 0.2) is 54.6 Å². The summed E-state index contributed by atoms with van der Waals surface area (Å²) in [7, 11) is 0. The first-order chi connectivity index (χ1) is 17.0. The first kappa shape index (κ1) is 24.8. The summed E-state index contributed by atoms with van der Waals surface area (Å²) < 4.78 is 46.8. The molecule has 2 aromatic carbocycles. The first-order valence-corrected chi connectivity index (χ1v) is 12.3. The van der Waals surface area contributed by atoms with Gasteiger partial charge in [-0.05, 0) is 58.7 Å². The summed E-state index contributed by atoms with van der Waals surface area (Å²) in [5.74, 6) is -0.0696. The number of aliphatic hydroxyl groups is 1. The number of H-pyrrole nitrogens is 1. The molecule has 0 spiro atoms. The molecule has 36 heavy (non-hydrogen) atoms. The van der Waals surface area contributed by atoms with E-state index in [2.05, 4.69) is 23.2 Å². The Labute approximate surface area is 209 Å². The van der Waals surface area contributed by atoms with Crippen LogP contribution in [0, 0.1) is 5.41 Å². The van der Waals surface area contributed by atoms with Gasteiger partial charge in [0.1, 0.15) is 0 Å². The fourth-order valence-corrected chi connectivity index (χ4v) is 5.61. The molecule has 5 rings (SSSR count). The average Bonchev–Trinajstić information content (AvgIpc) is 3.50. The van der Waals surface area contributed by atoms with Crippen LogP contribution >= 0.6 is 0 Å². The molecule has 4 nitrogen and oxygen atoms in total. The molecule has 0 amide bonds. The molecular formula is C29H31F3N2O2. The van der Waals surface area contributed by atoms with E-state index in [-0.39, 0.29) is 24.0 Å². The van der Waals surface area contributed by atoms with Gasteiger partial charge in [0.05, 0.1) is 29.7 Å². The SMILES string of the molecule is CC(C)(CO)c1cc(C2CC(C)(C3C(c4cccc(C(F)(F)F)c4)=Cc4ccccc43)CCO2)[nH]n1. The lowest BCUT2D eigenvalue weighted by Gasteiger charge is -2.44. The van der Waals surface area contributed by atoms with Gasteiger partial charge in [-0.15, -0.1) is 0 Å². The third kappa shape index (κ3) is 4.39. The fourth-order valence-electron chi connectivity index (χ4n) is 5.61. The third-order valence-electron chi connectivity index (χ3n) is 7.83. The van der Waals surface area contributed by atoms with Crippen LogP contribution in [0.25, 0.3) is 11.6 Å². The number of allylic oxidation sites excluding steroid dienone is 1. The van der Waals surface area contributed by atoms with Gasteiger partial charge in [-0.2, -0.15) is 18.3 Å². The van der Waals surface area contributed by atoms with Gasteiger partial charge < -0.3 is 9.84 Å². The maximum Gasteiger partial charge on any atom is 0.416 e. The van der Waals surface area contributed by atoms with Crippen molar-refractivity contribution in [1.29, 1.82) is 0 Å². The quantitative estimate of drug-likeness (QED) is 0.404. The molecule has 3 aromatic rings. The topological polar surface area (TPSA) is 58.1 Å². The number of ether oxygens (including phenoxy) is 1. The summed E-state index contributed by atoms with van der Waals surface area (Å²) in [5, 5.41) is 17.3. The molecule has 0 radical (unpaired) electrons. The highest BCUT2D eigenvalue weighted by molar-refractivity contribution is 5.92. The van der Waals surface area contributed by atoms with Crippen molar-refractivity contribution >= 4 is 11.6 Å². The predicted molar refractivity (Wildman–Crippen MR) is 133 cm³/mol. The zero-order valence-corrected chi connectivity index (χ0v) is 20.7. The van der Waals surface area contributed by atoms with Crippen molar-refractivity contribution in [1.82, 2.24) is 10.2 Å². The predicted octanol–water partition coefficient (Wildman–Crippen LogP) is 6.89. The van der Waals surface area contributed by atoms with Crippen molar-refractivity contribution in [3.63, 3.8) is 0 Å². The van der Waals surface area contributed by atoms with E-state index in [4.69, 9.17) is 4.74 Å². The molecule has 1 saturated heterocycles. The van der Waals surface area contributed by atoms with E-state index in [1.54, 1.807) is 6.07 Å². The van der Waals surface area contributed by atoms with E-state index >= 15 is 0 Å². The van der Waals surface area contributed by atoms with Gasteiger partial charge in [0.15, 0.2) is 0 Å². The van der Waals surface area contributed by atoms with Gasteiger partial charge >= 0.3 is 6.18 Å². The van der Waals surface area contributed by atoms with Crippen molar-refractivity contribution < 1.29 is 23.0 Å². The smallest absolute Gasteiger partial charge is 0.395 e. The molecule has 1 fully saturated rings. The molecule has 190 valence electrons. The van der Waals surface area contributed by atoms with Crippen LogP contribution in [0.2, 0.25) is 0 Å². The summed E-state index contributed by atoms with van der Waals surface area (Å²) in [6, 6.07) is 15.7. The van der Waals surface area contributed by atoms with Gasteiger partial charge in [-0.3, -0.25) is 5.10 Å². The Kier molecular flexibility index (Phi) is 6.12. The summed E-state index contributed by atoms with van der Waals surface area (Å²) in [6.45, 7) is 6.59. The number of aromatic nitrogens is 2. The molecular weight excluding hydrogens is 465 g/mol. The highest BCUT2D eigenvalue weighted by Crippen LogP contribution is 2.57. The van der Waals surface area contributed by atoms with Gasteiger partial charge in [0.2, 0.25) is 0 Å². The number of hydrogen-bond donors (Lipinski definition) is 2. The van der Waals surface area contributed by atoms with Crippen LogP contribution in [0.5, 0.6) is 0 Å². The summed E-state index contributed by atoms with van der Waals surface area (Å²) >= 11 is 0. The molecule has 7 heteroatoms. The molecule has 3 atom stereocenters. The Hall–Kier alpha value is -2.90. The summed E-state index contributed by atoms with van der Waals surface area (Å²) in [6.07, 6.45) is -1.12. The minimum atomic E-state index is -4.40. The minimum Gasteiger partial charge on any atom is -0.395 e. The second-order valence-corrected chi connectivity index (χ2v) is 11.0. The molecule has 1 aromatic heterocycles. The molecule has 1 aliphatic heterocycles. The number of halogens is 3. The van der Waals surface area contributed by atoms with Crippen LogP contribution in [0.3, 0.4) is 0 Å². The van der Waals surface area contributed by atoms with Gasteiger partial charge in [0, 0.05) is 17.9 Å². The van der Waals surface area contributed by atoms with Crippen molar-refractivity contribution in [2.45, 2.75) is 57.2 Å². The number of benzene rings is 2. The first-order valence-electron chi connectivity index (χ1n) is 12.3. The molecule has 0 bridgehead atoms. The van der Waals surface area contributed by atoms with Crippen molar-refractivity contribution in [2.24, 2.45) is 5.41 Å². The van der Waals surface area contributed by atoms with E-state index in [9.17, 15) is 18.3 Å². The number of hydrogen-bond acceptors (Lipinski definition) is 3. The maximum atomic E-state index is 13.5. The number of aromatic amines is 1. The van der Waals surface area contributed by atoms with Crippen LogP contribution in [-0.2, 0) is 16.3 Å². The molecule has 2 N–H and O–H groups in total. The zero-order valence-electron chi connectivity index (χ0n) is 20.7. The highest BCUT2D eigenvalue weighted by Gasteiger charge is 2.46. The molecule has 0 saturated carbocycles. The average molecular weight is 497 g/mol. The lowest BCUT2D eigenvalue weighted by molar-refractivity contribution is -0.137. The lowest BCUT2D eigenvalue weighted by Crippen LogP contribution is -2.34. The Balaban J connectivity index is 1.52. The number of rotatable bonds is 5. The second-order valence-electron chi connectivity index (χ2n) is 11.0. The Morgan fingerprint density at radius 1 is 1.11 bits per heavy atom. The maximum absolute atomic E-state index is 13.5. The fraction of sp³-hybridized carbons (Fsp3) is 0.414. The van der Waals surface area contributed by atoms with E-state index in [1.165, 1.54) is 12.1 Å². The van der Waals surface area contributed by atoms with Crippen LogP contribution in [0.1, 0.15) is 79.3 Å². The number of fused-ring (bicyclic) bond motifs is 1. The normalized spacial score (nSPS) is 24.5. The molecule has 3 unspecified atom stereocenters. The van der Waals surface area contributed by atoms with Crippen molar-refractivity contribution in [3.05, 3.63) is 88.2 Å². The summed E-state index contributed by atoms with van der Waals surface area (Å²) in [4.78, 5) is 0. The minimum absolute atomic E-state index is 0.0233. The van der Waals surface area contributed by atoms with E-state index in [0.29, 0.717) is 18.6 Å². The van der Waals surface area contributed by atoms with Gasteiger partial charge in [-0.1, -0.05) is 63.2 Å². The van der Waals surface area contributed by atoms with Crippen molar-refractivity contribution in [2.75, 3.05) is 13.2 Å². The Morgan fingerprint density at radius 3 is 2.64 bits per heavy atom. The number of aliphatic hydroxyl groups excluding tert-OH is 1. The molecule has 2 aliphatic rings. The third-order valence-corrected chi connectivity index (χ3v) is 7.83. The van der Waals surface area contributed by atoms with Gasteiger partial charge in [-0.25, -0.2) is 0 Å². The second kappa shape index (κ2) is 8.89. The monoisotopic (exact) mass is 496 g/mol. The van der Waals surface area contributed by atoms with Gasteiger partial charge in [0.25, 0.3) is 0 Å². The largest absolute Gasteiger partial charge is 0.416 e.